The molecule has 0 aliphatic heterocycles. The molecule has 0 atom stereocenters. The number of alkyl halides is 2. The number of nitrogens with one attached hydrogen (secondary N) is 2. The van der Waals surface area contributed by atoms with Gasteiger partial charge in [-0.2, -0.15) is 8.78 Å². The van der Waals surface area contributed by atoms with Crippen molar-refractivity contribution in [3.8, 4) is 5.75 Å². The predicted molar refractivity (Wildman–Crippen MR) is 88.6 cm³/mol. The fourth-order valence-electron chi connectivity index (χ4n) is 1.86. The molecular weight excluding hydrogens is 320 g/mol. The number of methoxy groups -OCH3 is 1. The third kappa shape index (κ3) is 9.26. The van der Waals surface area contributed by atoms with Gasteiger partial charge in [0.1, 0.15) is 5.75 Å². The lowest BCUT2D eigenvalue weighted by atomic mass is 10.2. The molecule has 1 aromatic rings. The average Bonchev–Trinajstić information content (AvgIpc) is 2.56. The number of hydrogen-bond acceptors (Lipinski definition) is 4. The van der Waals surface area contributed by atoms with Crippen LogP contribution in [0.25, 0.3) is 0 Å². The van der Waals surface area contributed by atoms with Crippen molar-refractivity contribution in [2.24, 2.45) is 4.99 Å². The van der Waals surface area contributed by atoms with Crippen molar-refractivity contribution >= 4 is 5.96 Å². The first-order valence-corrected chi connectivity index (χ1v) is 7.70. The first-order valence-electron chi connectivity index (χ1n) is 7.70. The molecule has 0 saturated carbocycles. The molecule has 0 bridgehead atoms. The van der Waals surface area contributed by atoms with Crippen LogP contribution in [0, 0.1) is 0 Å². The number of ether oxygens (including phenoxy) is 3. The maximum Gasteiger partial charge on any atom is 0.387 e. The Morgan fingerprint density at radius 3 is 2.75 bits per heavy atom. The van der Waals surface area contributed by atoms with Crippen LogP contribution in [0.4, 0.5) is 8.78 Å². The second-order valence-corrected chi connectivity index (χ2v) is 4.84. The average molecular weight is 345 g/mol. The minimum atomic E-state index is -2.83. The van der Waals surface area contributed by atoms with Gasteiger partial charge in [0.25, 0.3) is 0 Å². The van der Waals surface area contributed by atoms with Gasteiger partial charge < -0.3 is 24.8 Å². The van der Waals surface area contributed by atoms with Crippen LogP contribution < -0.4 is 15.4 Å². The van der Waals surface area contributed by atoms with E-state index in [-0.39, 0.29) is 5.75 Å². The van der Waals surface area contributed by atoms with Gasteiger partial charge in [-0.3, -0.25) is 4.99 Å². The van der Waals surface area contributed by atoms with E-state index < -0.39 is 6.61 Å². The molecule has 0 amide bonds. The van der Waals surface area contributed by atoms with Gasteiger partial charge in [0.2, 0.25) is 0 Å². The van der Waals surface area contributed by atoms with Gasteiger partial charge in [-0.25, -0.2) is 0 Å². The van der Waals surface area contributed by atoms with Crippen LogP contribution >= 0.6 is 0 Å². The zero-order chi connectivity index (χ0) is 17.6. The molecule has 0 heterocycles. The number of guanidine groups is 1. The van der Waals surface area contributed by atoms with E-state index >= 15 is 0 Å². The molecule has 24 heavy (non-hydrogen) atoms. The van der Waals surface area contributed by atoms with E-state index in [1.807, 2.05) is 6.07 Å². The van der Waals surface area contributed by atoms with E-state index in [0.29, 0.717) is 38.9 Å². The molecule has 0 radical (unpaired) electrons. The smallest absolute Gasteiger partial charge is 0.387 e. The van der Waals surface area contributed by atoms with Crippen LogP contribution in [0.15, 0.2) is 29.3 Å². The maximum atomic E-state index is 12.2. The topological polar surface area (TPSA) is 64.1 Å². The summed E-state index contributed by atoms with van der Waals surface area (Å²) >= 11 is 0. The summed E-state index contributed by atoms with van der Waals surface area (Å²) in [5.41, 5.74) is 0.819. The van der Waals surface area contributed by atoms with Gasteiger partial charge >= 0.3 is 6.61 Å². The molecule has 0 fully saturated rings. The van der Waals surface area contributed by atoms with E-state index in [4.69, 9.17) is 9.47 Å². The minimum Gasteiger partial charge on any atom is -0.435 e. The Morgan fingerprint density at radius 1 is 1.21 bits per heavy atom. The molecule has 0 unspecified atom stereocenters. The van der Waals surface area contributed by atoms with Crippen LogP contribution in [0.2, 0.25) is 0 Å². The Kier molecular flexibility index (Phi) is 10.5. The summed E-state index contributed by atoms with van der Waals surface area (Å²) in [6, 6.07) is 6.55. The molecule has 136 valence electrons. The van der Waals surface area contributed by atoms with Crippen LogP contribution in [0.3, 0.4) is 0 Å². The molecule has 0 aliphatic rings. The van der Waals surface area contributed by atoms with Crippen molar-refractivity contribution in [1.29, 1.82) is 0 Å². The Morgan fingerprint density at radius 2 is 2.04 bits per heavy atom. The summed E-state index contributed by atoms with van der Waals surface area (Å²) in [4.78, 5) is 4.10. The fraction of sp³-hybridized carbons (Fsp3) is 0.562. The lowest BCUT2D eigenvalue weighted by Crippen LogP contribution is -2.37. The summed E-state index contributed by atoms with van der Waals surface area (Å²) in [5.74, 6) is 0.771. The maximum absolute atomic E-state index is 12.2. The number of hydrogen-bond donors (Lipinski definition) is 2. The number of halogens is 2. The quantitative estimate of drug-likeness (QED) is 0.365. The van der Waals surface area contributed by atoms with Crippen molar-refractivity contribution in [1.82, 2.24) is 10.6 Å². The Labute approximate surface area is 141 Å². The molecular formula is C16H25F2N3O3. The number of nitrogens with zero attached hydrogens (tertiary/aromatic N) is 1. The number of rotatable bonds is 11. The highest BCUT2D eigenvalue weighted by molar-refractivity contribution is 5.79. The Bertz CT molecular complexity index is 487. The van der Waals surface area contributed by atoms with Gasteiger partial charge in [-0.15, -0.1) is 0 Å². The normalized spacial score (nSPS) is 11.6. The Balaban J connectivity index is 2.26. The zero-order valence-electron chi connectivity index (χ0n) is 14.1. The molecule has 8 heteroatoms. The fourth-order valence-corrected chi connectivity index (χ4v) is 1.86. The molecule has 0 aromatic heterocycles. The van der Waals surface area contributed by atoms with Crippen molar-refractivity contribution < 1.29 is 23.0 Å². The summed E-state index contributed by atoms with van der Waals surface area (Å²) < 4.78 is 39.0. The summed E-state index contributed by atoms with van der Waals surface area (Å²) in [6.45, 7) is 0.145. The molecule has 0 spiro atoms. The zero-order valence-corrected chi connectivity index (χ0v) is 14.1. The highest BCUT2D eigenvalue weighted by Crippen LogP contribution is 2.15. The van der Waals surface area contributed by atoms with Crippen molar-refractivity contribution in [3.05, 3.63) is 29.8 Å². The minimum absolute atomic E-state index is 0.139. The molecule has 1 rings (SSSR count). The highest BCUT2D eigenvalue weighted by atomic mass is 19.3. The second kappa shape index (κ2) is 12.5. The third-order valence-electron chi connectivity index (χ3n) is 3.00. The van der Waals surface area contributed by atoms with Gasteiger partial charge in [0, 0.05) is 33.9 Å². The molecule has 2 N–H and O–H groups in total. The van der Waals surface area contributed by atoms with Crippen molar-refractivity contribution in [3.63, 3.8) is 0 Å². The lowest BCUT2D eigenvalue weighted by molar-refractivity contribution is -0.0498. The first kappa shape index (κ1) is 20.1. The molecule has 0 saturated heterocycles. The Hall–Kier alpha value is -1.93. The van der Waals surface area contributed by atoms with Crippen LogP contribution in [-0.4, -0.2) is 53.1 Å². The summed E-state index contributed by atoms with van der Waals surface area (Å²) in [6.07, 6.45) is 0.835. The third-order valence-corrected chi connectivity index (χ3v) is 3.00. The highest BCUT2D eigenvalue weighted by Gasteiger charge is 2.05. The van der Waals surface area contributed by atoms with Crippen LogP contribution in [0.5, 0.6) is 5.75 Å². The van der Waals surface area contributed by atoms with E-state index in [2.05, 4.69) is 20.4 Å². The second-order valence-electron chi connectivity index (χ2n) is 4.84. The summed E-state index contributed by atoms with van der Waals surface area (Å²) in [5, 5.41) is 6.27. The monoisotopic (exact) mass is 345 g/mol. The molecule has 1 aromatic carbocycles. The van der Waals surface area contributed by atoms with Gasteiger partial charge in [0.05, 0.1) is 13.2 Å². The first-order chi connectivity index (χ1) is 11.7. The number of aliphatic imine (C=N–C) groups is 1. The lowest BCUT2D eigenvalue weighted by Gasteiger charge is -2.13. The van der Waals surface area contributed by atoms with Gasteiger partial charge in [0.15, 0.2) is 5.96 Å². The van der Waals surface area contributed by atoms with E-state index in [0.717, 1.165) is 12.0 Å². The molecule has 6 nitrogen and oxygen atoms in total. The summed E-state index contributed by atoms with van der Waals surface area (Å²) in [7, 11) is 3.30. The van der Waals surface area contributed by atoms with Crippen LogP contribution in [0.1, 0.15) is 12.0 Å². The van der Waals surface area contributed by atoms with Crippen molar-refractivity contribution in [2.45, 2.75) is 19.6 Å². The van der Waals surface area contributed by atoms with Crippen molar-refractivity contribution in [2.75, 3.05) is 40.5 Å². The number of benzene rings is 1. The van der Waals surface area contributed by atoms with E-state index in [1.165, 1.54) is 6.07 Å². The SMILES string of the molecule is CN=C(NCCCOCCOC)NCc1cccc(OC(F)F)c1. The van der Waals surface area contributed by atoms with Gasteiger partial charge in [-0.05, 0) is 24.1 Å². The van der Waals surface area contributed by atoms with E-state index in [9.17, 15) is 8.78 Å². The largest absolute Gasteiger partial charge is 0.435 e. The molecule has 0 aliphatic carbocycles. The van der Waals surface area contributed by atoms with Crippen LogP contribution in [-0.2, 0) is 16.0 Å². The standard InChI is InChI=1S/C16H25F2N3O3/c1-19-16(20-7-4-8-23-10-9-22-2)21-12-13-5-3-6-14(11-13)24-15(17)18/h3,5-6,11,15H,4,7-10,12H2,1-2H3,(H2,19,20,21). The van der Waals surface area contributed by atoms with E-state index in [1.54, 1.807) is 26.3 Å². The predicted octanol–water partition coefficient (Wildman–Crippen LogP) is 2.01. The van der Waals surface area contributed by atoms with Gasteiger partial charge in [-0.1, -0.05) is 12.1 Å².